The van der Waals surface area contributed by atoms with Crippen LogP contribution in [-0.4, -0.2) is 30.8 Å². The summed E-state index contributed by atoms with van der Waals surface area (Å²) >= 11 is 1.36. The van der Waals surface area contributed by atoms with E-state index in [-0.39, 0.29) is 11.6 Å². The van der Waals surface area contributed by atoms with Gasteiger partial charge in [0.15, 0.2) is 0 Å². The summed E-state index contributed by atoms with van der Waals surface area (Å²) in [4.78, 5) is 16.3. The van der Waals surface area contributed by atoms with Crippen LogP contribution < -0.4 is 10.9 Å². The van der Waals surface area contributed by atoms with E-state index in [2.05, 4.69) is 25.6 Å². The van der Waals surface area contributed by atoms with Gasteiger partial charge in [-0.25, -0.2) is 4.98 Å². The number of aromatic amines is 1. The number of aromatic nitrogens is 5. The molecule has 3 rings (SSSR count). The zero-order chi connectivity index (χ0) is 14.1. The SMILES string of the molecule is Cc1cc(CC(C)Nc2nn3c(=O)ccnc3s2)n[nH]1. The first kappa shape index (κ1) is 12.8. The van der Waals surface area contributed by atoms with Crippen molar-refractivity contribution in [2.75, 3.05) is 5.32 Å². The summed E-state index contributed by atoms with van der Waals surface area (Å²) in [6, 6.07) is 3.57. The molecule has 3 aromatic heterocycles. The summed E-state index contributed by atoms with van der Waals surface area (Å²) in [5, 5.41) is 15.3. The fourth-order valence-corrected chi connectivity index (χ4v) is 2.84. The molecule has 0 aromatic carbocycles. The predicted octanol–water partition coefficient (Wildman–Crippen LogP) is 1.23. The van der Waals surface area contributed by atoms with Crippen LogP contribution in [0.15, 0.2) is 23.1 Å². The molecule has 0 aliphatic carbocycles. The van der Waals surface area contributed by atoms with E-state index >= 15 is 0 Å². The monoisotopic (exact) mass is 290 g/mol. The van der Waals surface area contributed by atoms with E-state index in [0.717, 1.165) is 17.8 Å². The quantitative estimate of drug-likeness (QED) is 0.754. The van der Waals surface area contributed by atoms with E-state index in [4.69, 9.17) is 0 Å². The Hall–Kier alpha value is -2.22. The van der Waals surface area contributed by atoms with Crippen molar-refractivity contribution in [2.45, 2.75) is 26.3 Å². The molecule has 3 aromatic rings. The number of anilines is 1. The van der Waals surface area contributed by atoms with Gasteiger partial charge in [-0.2, -0.15) is 9.61 Å². The van der Waals surface area contributed by atoms with Gasteiger partial charge in [-0.05, 0) is 19.9 Å². The van der Waals surface area contributed by atoms with E-state index in [0.29, 0.717) is 10.1 Å². The van der Waals surface area contributed by atoms with Crippen LogP contribution in [0.1, 0.15) is 18.3 Å². The number of rotatable bonds is 4. The highest BCUT2D eigenvalue weighted by Gasteiger charge is 2.10. The first-order chi connectivity index (χ1) is 9.61. The number of hydrogen-bond acceptors (Lipinski definition) is 6. The predicted molar refractivity (Wildman–Crippen MR) is 77.2 cm³/mol. The Morgan fingerprint density at radius 2 is 2.40 bits per heavy atom. The summed E-state index contributed by atoms with van der Waals surface area (Å²) in [5.74, 6) is 0. The minimum Gasteiger partial charge on any atom is -0.357 e. The van der Waals surface area contributed by atoms with Gasteiger partial charge in [0.1, 0.15) is 0 Å². The van der Waals surface area contributed by atoms with E-state index in [1.54, 1.807) is 0 Å². The topological polar surface area (TPSA) is 88.0 Å². The standard InChI is InChI=1S/C12H14N6OS/c1-7(5-9-6-8(2)15-16-9)14-11-17-18-10(19)3-4-13-12(18)20-11/h3-4,6-7H,5H2,1-2H3,(H,14,17)(H,15,16). The third kappa shape index (κ3) is 2.55. The van der Waals surface area contributed by atoms with Crippen LogP contribution in [0.2, 0.25) is 0 Å². The average Bonchev–Trinajstić information content (AvgIpc) is 2.96. The molecule has 0 spiro atoms. The molecule has 0 bridgehead atoms. The molecule has 3 heterocycles. The Labute approximate surface area is 118 Å². The Bertz CT molecular complexity index is 788. The smallest absolute Gasteiger partial charge is 0.275 e. The number of nitrogens with one attached hydrogen (secondary N) is 2. The molecular weight excluding hydrogens is 276 g/mol. The van der Waals surface area contributed by atoms with Gasteiger partial charge in [0.25, 0.3) is 5.56 Å². The third-order valence-corrected chi connectivity index (χ3v) is 3.67. The molecule has 20 heavy (non-hydrogen) atoms. The summed E-state index contributed by atoms with van der Waals surface area (Å²) in [6.07, 6.45) is 2.28. The van der Waals surface area contributed by atoms with Gasteiger partial charge in [-0.1, -0.05) is 11.3 Å². The largest absolute Gasteiger partial charge is 0.357 e. The molecule has 1 atom stereocenters. The Balaban J connectivity index is 1.75. The number of fused-ring (bicyclic) bond motifs is 1. The van der Waals surface area contributed by atoms with E-state index in [1.807, 2.05) is 19.9 Å². The maximum Gasteiger partial charge on any atom is 0.275 e. The van der Waals surface area contributed by atoms with Crippen LogP contribution in [0.5, 0.6) is 0 Å². The van der Waals surface area contributed by atoms with Crippen LogP contribution in [0.4, 0.5) is 5.13 Å². The van der Waals surface area contributed by atoms with Crippen molar-refractivity contribution in [1.82, 2.24) is 24.8 Å². The molecule has 0 saturated heterocycles. The number of nitrogens with zero attached hydrogens (tertiary/aromatic N) is 4. The normalized spacial score (nSPS) is 12.7. The van der Waals surface area contributed by atoms with Crippen LogP contribution >= 0.6 is 11.3 Å². The van der Waals surface area contributed by atoms with Gasteiger partial charge >= 0.3 is 0 Å². The summed E-state index contributed by atoms with van der Waals surface area (Å²) in [5.41, 5.74) is 1.87. The van der Waals surface area contributed by atoms with Crippen LogP contribution in [0.25, 0.3) is 4.96 Å². The van der Waals surface area contributed by atoms with E-state index < -0.39 is 0 Å². The van der Waals surface area contributed by atoms with Crippen LogP contribution in [0, 0.1) is 6.92 Å². The fraction of sp³-hybridized carbons (Fsp3) is 0.333. The first-order valence-corrected chi connectivity index (χ1v) is 7.06. The number of H-pyrrole nitrogens is 1. The van der Waals surface area contributed by atoms with Crippen molar-refractivity contribution < 1.29 is 0 Å². The molecule has 0 aliphatic heterocycles. The zero-order valence-corrected chi connectivity index (χ0v) is 11.9. The molecule has 104 valence electrons. The summed E-state index contributed by atoms with van der Waals surface area (Å²) < 4.78 is 1.30. The molecule has 0 fully saturated rings. The van der Waals surface area contributed by atoms with Crippen molar-refractivity contribution >= 4 is 21.4 Å². The fourth-order valence-electron chi connectivity index (χ4n) is 1.96. The Morgan fingerprint density at radius 1 is 1.55 bits per heavy atom. The first-order valence-electron chi connectivity index (χ1n) is 6.24. The second-order valence-corrected chi connectivity index (χ2v) is 5.63. The highest BCUT2D eigenvalue weighted by molar-refractivity contribution is 7.20. The minimum absolute atomic E-state index is 0.161. The van der Waals surface area contributed by atoms with Gasteiger partial charge in [-0.3, -0.25) is 9.89 Å². The van der Waals surface area contributed by atoms with Crippen LogP contribution in [0.3, 0.4) is 0 Å². The van der Waals surface area contributed by atoms with Crippen molar-refractivity contribution in [3.63, 3.8) is 0 Å². The molecular formula is C12H14N6OS. The lowest BCUT2D eigenvalue weighted by atomic mass is 10.2. The van der Waals surface area contributed by atoms with Gasteiger partial charge in [0.05, 0.1) is 5.69 Å². The van der Waals surface area contributed by atoms with Crippen molar-refractivity contribution in [3.05, 3.63) is 40.1 Å². The maximum atomic E-state index is 11.6. The van der Waals surface area contributed by atoms with Gasteiger partial charge < -0.3 is 5.32 Å². The van der Waals surface area contributed by atoms with Crippen molar-refractivity contribution in [2.24, 2.45) is 0 Å². The Morgan fingerprint density at radius 3 is 3.10 bits per heavy atom. The maximum absolute atomic E-state index is 11.6. The van der Waals surface area contributed by atoms with Crippen molar-refractivity contribution in [1.29, 1.82) is 0 Å². The lowest BCUT2D eigenvalue weighted by molar-refractivity contribution is 0.757. The van der Waals surface area contributed by atoms with Crippen LogP contribution in [-0.2, 0) is 6.42 Å². The summed E-state index contributed by atoms with van der Waals surface area (Å²) in [6.45, 7) is 4.02. The third-order valence-electron chi connectivity index (χ3n) is 2.81. The second kappa shape index (κ2) is 5.04. The highest BCUT2D eigenvalue weighted by Crippen LogP contribution is 2.17. The second-order valence-electron chi connectivity index (χ2n) is 4.68. The average molecular weight is 290 g/mol. The van der Waals surface area contributed by atoms with Gasteiger partial charge in [-0.15, -0.1) is 5.10 Å². The minimum atomic E-state index is -0.171. The molecule has 8 heteroatoms. The molecule has 1 unspecified atom stereocenters. The zero-order valence-electron chi connectivity index (χ0n) is 11.1. The molecule has 0 amide bonds. The van der Waals surface area contributed by atoms with Gasteiger partial charge in [0.2, 0.25) is 10.1 Å². The molecule has 7 nitrogen and oxygen atoms in total. The summed E-state index contributed by atoms with van der Waals surface area (Å²) in [7, 11) is 0. The molecule has 0 radical (unpaired) electrons. The molecule has 2 N–H and O–H groups in total. The van der Waals surface area contributed by atoms with Gasteiger partial charge in [0, 0.05) is 30.4 Å². The lowest BCUT2D eigenvalue weighted by Crippen LogP contribution is -2.19. The number of hydrogen-bond donors (Lipinski definition) is 2. The Kier molecular flexibility index (Phi) is 3.23. The van der Waals surface area contributed by atoms with E-state index in [9.17, 15) is 4.79 Å². The highest BCUT2D eigenvalue weighted by atomic mass is 32.1. The van der Waals surface area contributed by atoms with Crippen molar-refractivity contribution in [3.8, 4) is 0 Å². The molecule has 0 saturated carbocycles. The molecule has 0 aliphatic rings. The lowest BCUT2D eigenvalue weighted by Gasteiger charge is -2.10. The van der Waals surface area contributed by atoms with E-state index in [1.165, 1.54) is 28.1 Å². The number of aryl methyl sites for hydroxylation is 1.